The van der Waals surface area contributed by atoms with Crippen molar-refractivity contribution in [1.82, 2.24) is 20.0 Å². The van der Waals surface area contributed by atoms with Gasteiger partial charge in [-0.15, -0.1) is 11.3 Å². The van der Waals surface area contributed by atoms with Crippen LogP contribution in [0.5, 0.6) is 0 Å². The predicted octanol–water partition coefficient (Wildman–Crippen LogP) is 4.06. The molecule has 2 aliphatic rings. The van der Waals surface area contributed by atoms with Crippen molar-refractivity contribution in [3.8, 4) is 11.3 Å². The topological polar surface area (TPSA) is 85.7 Å². The van der Waals surface area contributed by atoms with Crippen LogP contribution in [0, 0.1) is 0 Å². The van der Waals surface area contributed by atoms with Crippen LogP contribution in [0.2, 0.25) is 0 Å². The standard InChI is InChI=1S/C24H34N4O4S/c1-16(28(17-9-10-17)23(29)20-7-4-5-14-32-20)22-15-18(19-11-13-26-27(19)2)21(33-22)8-6-12-25-24(30)31-3/h11,13,15-17,20H,4-10,12,14H2,1-3H3,(H,25,30)/t16?,20-/m1/s1. The van der Waals surface area contributed by atoms with Crippen LogP contribution in [0.3, 0.4) is 0 Å². The molecule has 33 heavy (non-hydrogen) atoms. The third-order valence-electron chi connectivity index (χ3n) is 6.44. The number of nitrogens with zero attached hydrogens (tertiary/aromatic N) is 3. The molecular formula is C24H34N4O4S. The van der Waals surface area contributed by atoms with Gasteiger partial charge in [0, 0.05) is 47.8 Å². The highest BCUT2D eigenvalue weighted by atomic mass is 32.1. The van der Waals surface area contributed by atoms with Crippen LogP contribution in [-0.2, 0) is 27.7 Å². The van der Waals surface area contributed by atoms with Crippen molar-refractivity contribution in [3.63, 3.8) is 0 Å². The van der Waals surface area contributed by atoms with Gasteiger partial charge in [0.05, 0.1) is 18.8 Å². The third kappa shape index (κ3) is 5.58. The number of amides is 2. The maximum absolute atomic E-state index is 13.4. The lowest BCUT2D eigenvalue weighted by molar-refractivity contribution is -0.149. The van der Waals surface area contributed by atoms with Gasteiger partial charge in [0.15, 0.2) is 0 Å². The Labute approximate surface area is 199 Å². The summed E-state index contributed by atoms with van der Waals surface area (Å²) in [6.45, 7) is 3.36. The monoisotopic (exact) mass is 474 g/mol. The molecule has 0 radical (unpaired) electrons. The Morgan fingerprint density at radius 3 is 2.82 bits per heavy atom. The van der Waals surface area contributed by atoms with E-state index in [0.29, 0.717) is 19.2 Å². The lowest BCUT2D eigenvalue weighted by Crippen LogP contribution is -2.44. The van der Waals surface area contributed by atoms with E-state index in [2.05, 4.69) is 33.0 Å². The van der Waals surface area contributed by atoms with Gasteiger partial charge in [-0.3, -0.25) is 9.48 Å². The van der Waals surface area contributed by atoms with Gasteiger partial charge in [-0.25, -0.2) is 4.79 Å². The Morgan fingerprint density at radius 2 is 2.18 bits per heavy atom. The van der Waals surface area contributed by atoms with Gasteiger partial charge < -0.3 is 19.7 Å². The number of carbonyl (C=O) groups excluding carboxylic acids is 2. The van der Waals surface area contributed by atoms with E-state index >= 15 is 0 Å². The predicted molar refractivity (Wildman–Crippen MR) is 127 cm³/mol. The van der Waals surface area contributed by atoms with E-state index in [1.165, 1.54) is 16.9 Å². The van der Waals surface area contributed by atoms with Crippen LogP contribution >= 0.6 is 11.3 Å². The zero-order valence-electron chi connectivity index (χ0n) is 19.7. The van der Waals surface area contributed by atoms with E-state index in [1.54, 1.807) is 17.5 Å². The maximum atomic E-state index is 13.4. The number of ether oxygens (including phenoxy) is 2. The van der Waals surface area contributed by atoms with Crippen molar-refractivity contribution in [1.29, 1.82) is 0 Å². The van der Waals surface area contributed by atoms with Crippen molar-refractivity contribution in [3.05, 3.63) is 28.1 Å². The van der Waals surface area contributed by atoms with Gasteiger partial charge in [0.1, 0.15) is 6.10 Å². The van der Waals surface area contributed by atoms with Gasteiger partial charge in [0.25, 0.3) is 5.91 Å². The minimum absolute atomic E-state index is 0.00514. The zero-order chi connectivity index (χ0) is 23.4. The highest BCUT2D eigenvalue weighted by Gasteiger charge is 2.40. The summed E-state index contributed by atoms with van der Waals surface area (Å²) in [5, 5.41) is 7.10. The molecule has 180 valence electrons. The molecule has 0 aromatic carbocycles. The first-order chi connectivity index (χ1) is 16.0. The first-order valence-corrected chi connectivity index (χ1v) is 12.7. The Kier molecular flexibility index (Phi) is 7.70. The summed E-state index contributed by atoms with van der Waals surface area (Å²) in [5.74, 6) is 0.143. The van der Waals surface area contributed by atoms with Gasteiger partial charge in [0.2, 0.25) is 0 Å². The molecule has 1 aliphatic carbocycles. The molecule has 1 N–H and O–H groups in total. The van der Waals surface area contributed by atoms with Crippen molar-refractivity contribution in [2.24, 2.45) is 7.05 Å². The van der Waals surface area contributed by atoms with E-state index in [1.807, 2.05) is 17.8 Å². The zero-order valence-corrected chi connectivity index (χ0v) is 20.5. The number of methoxy groups -OCH3 is 1. The molecule has 4 rings (SSSR count). The molecule has 3 heterocycles. The Bertz CT molecular complexity index is 962. The van der Waals surface area contributed by atoms with E-state index < -0.39 is 6.09 Å². The smallest absolute Gasteiger partial charge is 0.406 e. The number of hydrogen-bond acceptors (Lipinski definition) is 6. The first-order valence-electron chi connectivity index (χ1n) is 11.9. The largest absolute Gasteiger partial charge is 0.453 e. The van der Waals surface area contributed by atoms with Gasteiger partial charge in [-0.2, -0.15) is 5.10 Å². The molecule has 1 unspecified atom stereocenters. The molecule has 2 atom stereocenters. The summed E-state index contributed by atoms with van der Waals surface area (Å²) in [7, 11) is 3.31. The van der Waals surface area contributed by atoms with E-state index in [9.17, 15) is 9.59 Å². The first kappa shape index (κ1) is 23.8. The lowest BCUT2D eigenvalue weighted by Gasteiger charge is -2.33. The molecule has 2 aromatic rings. The summed E-state index contributed by atoms with van der Waals surface area (Å²) >= 11 is 1.76. The van der Waals surface area contributed by atoms with Crippen LogP contribution in [0.15, 0.2) is 18.3 Å². The van der Waals surface area contributed by atoms with Gasteiger partial charge in [-0.05, 0) is 64.0 Å². The van der Waals surface area contributed by atoms with Gasteiger partial charge >= 0.3 is 6.09 Å². The SMILES string of the molecule is COC(=O)NCCCc1sc(C(C)N(C(=O)[C@H]2CCCCO2)C2CC2)cc1-c1ccnn1C. The van der Waals surface area contributed by atoms with Crippen molar-refractivity contribution >= 4 is 23.3 Å². The normalized spacial score (nSPS) is 19.2. The molecule has 0 bridgehead atoms. The minimum atomic E-state index is -0.411. The summed E-state index contributed by atoms with van der Waals surface area (Å²) in [6.07, 6.45) is 7.75. The Balaban J connectivity index is 1.55. The fourth-order valence-corrected chi connectivity index (χ4v) is 5.75. The van der Waals surface area contributed by atoms with Crippen LogP contribution < -0.4 is 5.32 Å². The number of aromatic nitrogens is 2. The second-order valence-electron chi connectivity index (χ2n) is 8.86. The molecule has 9 heteroatoms. The fourth-order valence-electron chi connectivity index (χ4n) is 4.49. The second kappa shape index (κ2) is 10.7. The van der Waals surface area contributed by atoms with Crippen LogP contribution in [0.1, 0.15) is 61.2 Å². The number of carbonyl (C=O) groups is 2. The summed E-state index contributed by atoms with van der Waals surface area (Å²) < 4.78 is 12.4. The van der Waals surface area contributed by atoms with Crippen LogP contribution in [0.25, 0.3) is 11.3 Å². The number of alkyl carbamates (subject to hydrolysis) is 1. The molecule has 2 fully saturated rings. The fraction of sp³-hybridized carbons (Fsp3) is 0.625. The van der Waals surface area contributed by atoms with Crippen LogP contribution in [0.4, 0.5) is 4.79 Å². The van der Waals surface area contributed by atoms with Crippen LogP contribution in [-0.4, -0.2) is 59.1 Å². The van der Waals surface area contributed by atoms with Crippen molar-refractivity contribution in [2.45, 2.75) is 70.1 Å². The molecule has 8 nitrogen and oxygen atoms in total. The van der Waals surface area contributed by atoms with Crippen molar-refractivity contribution in [2.75, 3.05) is 20.3 Å². The quantitative estimate of drug-likeness (QED) is 0.554. The number of aryl methyl sites for hydroxylation is 2. The highest BCUT2D eigenvalue weighted by molar-refractivity contribution is 7.12. The molecule has 1 aliphatic heterocycles. The van der Waals surface area contributed by atoms with Gasteiger partial charge in [-0.1, -0.05) is 0 Å². The number of rotatable bonds is 9. The number of thiophene rings is 1. The summed E-state index contributed by atoms with van der Waals surface area (Å²) in [5.41, 5.74) is 2.21. The Morgan fingerprint density at radius 1 is 1.36 bits per heavy atom. The third-order valence-corrected chi connectivity index (χ3v) is 7.80. The molecule has 1 saturated heterocycles. The summed E-state index contributed by atoms with van der Waals surface area (Å²) in [4.78, 5) is 29.3. The average molecular weight is 475 g/mol. The van der Waals surface area contributed by atoms with Crippen molar-refractivity contribution < 1.29 is 19.1 Å². The number of nitrogens with one attached hydrogen (secondary N) is 1. The number of hydrogen-bond donors (Lipinski definition) is 1. The minimum Gasteiger partial charge on any atom is -0.453 e. The van der Waals surface area contributed by atoms with E-state index in [4.69, 9.17) is 4.74 Å². The molecule has 1 saturated carbocycles. The van der Waals surface area contributed by atoms with E-state index in [0.717, 1.165) is 56.2 Å². The second-order valence-corrected chi connectivity index (χ2v) is 10.0. The molecular weight excluding hydrogens is 440 g/mol. The lowest BCUT2D eigenvalue weighted by atomic mass is 10.1. The molecule has 0 spiro atoms. The average Bonchev–Trinajstić information content (AvgIpc) is 3.43. The molecule has 2 amide bonds. The maximum Gasteiger partial charge on any atom is 0.406 e. The summed E-state index contributed by atoms with van der Waals surface area (Å²) in [6, 6.07) is 4.55. The highest BCUT2D eigenvalue weighted by Crippen LogP contribution is 2.41. The van der Waals surface area contributed by atoms with E-state index in [-0.39, 0.29) is 18.1 Å². The molecule has 2 aromatic heterocycles. The Hall–Kier alpha value is -2.39.